The maximum Gasteiger partial charge on any atom is 0.168 e. The van der Waals surface area contributed by atoms with Crippen molar-refractivity contribution >= 4 is 65.4 Å². The van der Waals surface area contributed by atoms with E-state index in [2.05, 4.69) is 212 Å². The van der Waals surface area contributed by atoms with Crippen LogP contribution in [-0.4, -0.2) is 28.5 Å². The third-order valence-corrected chi connectivity index (χ3v) is 12.5. The highest BCUT2D eigenvalue weighted by Crippen LogP contribution is 2.43. The van der Waals surface area contributed by atoms with E-state index in [-0.39, 0.29) is 0 Å². The zero-order chi connectivity index (χ0) is 40.7. The van der Waals surface area contributed by atoms with Crippen molar-refractivity contribution < 1.29 is 0 Å². The molecule has 0 saturated carbocycles. The Hall–Kier alpha value is -8.48. The zero-order valence-corrected chi connectivity index (χ0v) is 33.5. The van der Waals surface area contributed by atoms with Gasteiger partial charge in [-0.05, 0) is 84.9 Å². The first kappa shape index (κ1) is 34.4. The van der Waals surface area contributed by atoms with Gasteiger partial charge in [-0.15, -0.1) is 10.2 Å². The van der Waals surface area contributed by atoms with Gasteiger partial charge in [-0.25, -0.2) is 0 Å². The van der Waals surface area contributed by atoms with E-state index < -0.39 is 0 Å². The van der Waals surface area contributed by atoms with Crippen LogP contribution in [0.2, 0.25) is 0 Å². The number of fused-ring (bicyclic) bond motifs is 10. The summed E-state index contributed by atoms with van der Waals surface area (Å²) in [5.41, 5.74) is 13.4. The average Bonchev–Trinajstić information content (AvgIpc) is 4.11. The van der Waals surface area contributed by atoms with Crippen LogP contribution in [0.3, 0.4) is 0 Å². The highest BCUT2D eigenvalue weighted by Gasteiger charge is 2.23. The molecule has 0 aliphatic heterocycles. The van der Waals surface area contributed by atoms with Gasteiger partial charge in [0.15, 0.2) is 11.6 Å². The van der Waals surface area contributed by atoms with Crippen LogP contribution >= 0.6 is 0 Å². The number of hydrogen-bond acceptors (Lipinski definition) is 2. The minimum atomic E-state index is 0.794. The van der Waals surface area contributed by atoms with E-state index in [1.54, 1.807) is 0 Å². The molecule has 0 N–H and O–H groups in total. The van der Waals surface area contributed by atoms with Crippen LogP contribution in [0, 0.1) is 0 Å². The predicted molar refractivity (Wildman–Crippen MR) is 255 cm³/mol. The maximum atomic E-state index is 4.84. The second-order valence-electron chi connectivity index (χ2n) is 15.9. The molecule has 0 saturated heterocycles. The Labute approximate surface area is 356 Å². The van der Waals surface area contributed by atoms with Crippen molar-refractivity contribution in [2.75, 3.05) is 0 Å². The van der Waals surface area contributed by atoms with Gasteiger partial charge in [0.25, 0.3) is 0 Å². The van der Waals surface area contributed by atoms with Gasteiger partial charge in [-0.2, -0.15) is 0 Å². The topological polar surface area (TPSA) is 45.5 Å². The van der Waals surface area contributed by atoms with E-state index in [4.69, 9.17) is 10.2 Å². The lowest BCUT2D eigenvalue weighted by molar-refractivity contribution is 1.07. The van der Waals surface area contributed by atoms with Gasteiger partial charge < -0.3 is 13.7 Å². The summed E-state index contributed by atoms with van der Waals surface area (Å²) >= 11 is 0. The van der Waals surface area contributed by atoms with Gasteiger partial charge in [-0.3, -0.25) is 4.57 Å². The van der Waals surface area contributed by atoms with Crippen LogP contribution in [-0.2, 0) is 0 Å². The summed E-state index contributed by atoms with van der Waals surface area (Å²) in [5, 5.41) is 16.9. The summed E-state index contributed by atoms with van der Waals surface area (Å²) < 4.78 is 9.44. The second kappa shape index (κ2) is 13.5. The van der Waals surface area contributed by atoms with Gasteiger partial charge in [0, 0.05) is 66.2 Å². The van der Waals surface area contributed by atoms with Crippen LogP contribution in [0.1, 0.15) is 0 Å². The van der Waals surface area contributed by atoms with Crippen molar-refractivity contribution in [1.82, 2.24) is 28.5 Å². The molecule has 13 aromatic rings. The SMILES string of the molecule is c1ccc(-c2nnc(-c3ccc4c(c3)c3ccccc3n4-c3cccc(-n4c5ccccc5c5c4ccc4c6ccccc6n(-c6ccccc6)c45)c3)n2-c2ccccc2)cc1. The minimum absolute atomic E-state index is 0.794. The molecule has 0 bridgehead atoms. The Morgan fingerprint density at radius 2 is 0.726 bits per heavy atom. The molecular weight excluding hydrogens is 757 g/mol. The van der Waals surface area contributed by atoms with E-state index in [1.807, 2.05) is 24.3 Å². The molecule has 4 aromatic heterocycles. The fourth-order valence-electron chi connectivity index (χ4n) is 9.86. The molecule has 0 amide bonds. The molecule has 0 radical (unpaired) electrons. The Morgan fingerprint density at radius 1 is 0.258 bits per heavy atom. The van der Waals surface area contributed by atoms with Gasteiger partial charge in [0.1, 0.15) is 0 Å². The van der Waals surface area contributed by atoms with Crippen molar-refractivity contribution in [3.63, 3.8) is 0 Å². The minimum Gasteiger partial charge on any atom is -0.309 e. The summed E-state index contributed by atoms with van der Waals surface area (Å²) in [7, 11) is 0. The second-order valence-corrected chi connectivity index (χ2v) is 15.9. The summed E-state index contributed by atoms with van der Waals surface area (Å²) in [4.78, 5) is 0. The summed E-state index contributed by atoms with van der Waals surface area (Å²) in [6.07, 6.45) is 0. The molecule has 0 unspecified atom stereocenters. The Bertz CT molecular complexity index is 3850. The van der Waals surface area contributed by atoms with E-state index in [1.165, 1.54) is 49.0 Å². The lowest BCUT2D eigenvalue weighted by atomic mass is 10.1. The normalized spacial score (nSPS) is 11.9. The highest BCUT2D eigenvalue weighted by atomic mass is 15.3. The quantitative estimate of drug-likeness (QED) is 0.168. The molecule has 0 aliphatic rings. The van der Waals surface area contributed by atoms with Crippen LogP contribution < -0.4 is 0 Å². The third kappa shape index (κ3) is 5.04. The van der Waals surface area contributed by atoms with Gasteiger partial charge >= 0.3 is 0 Å². The molecule has 4 heterocycles. The molecular formula is C56H36N6. The summed E-state index contributed by atoms with van der Waals surface area (Å²) in [6.45, 7) is 0. The molecule has 0 atom stereocenters. The molecule has 13 rings (SSSR count). The monoisotopic (exact) mass is 792 g/mol. The van der Waals surface area contributed by atoms with Crippen molar-refractivity contribution in [1.29, 1.82) is 0 Å². The summed E-state index contributed by atoms with van der Waals surface area (Å²) in [6, 6.07) is 78.0. The van der Waals surface area contributed by atoms with Crippen molar-refractivity contribution in [3.05, 3.63) is 218 Å². The van der Waals surface area contributed by atoms with Crippen LogP contribution in [0.25, 0.3) is 111 Å². The van der Waals surface area contributed by atoms with E-state index in [0.717, 1.165) is 61.9 Å². The van der Waals surface area contributed by atoms with Crippen molar-refractivity contribution in [3.8, 4) is 45.5 Å². The lowest BCUT2D eigenvalue weighted by Crippen LogP contribution is -2.00. The first-order chi connectivity index (χ1) is 30.8. The fourth-order valence-corrected chi connectivity index (χ4v) is 9.86. The van der Waals surface area contributed by atoms with Crippen LogP contribution in [0.5, 0.6) is 0 Å². The number of rotatable bonds is 6. The average molecular weight is 793 g/mol. The molecule has 62 heavy (non-hydrogen) atoms. The van der Waals surface area contributed by atoms with E-state index >= 15 is 0 Å². The van der Waals surface area contributed by atoms with Crippen LogP contribution in [0.4, 0.5) is 0 Å². The van der Waals surface area contributed by atoms with Gasteiger partial charge in [-0.1, -0.05) is 133 Å². The Balaban J connectivity index is 1.02. The molecule has 9 aromatic carbocycles. The molecule has 0 fully saturated rings. The number of aromatic nitrogens is 6. The number of para-hydroxylation sites is 5. The maximum absolute atomic E-state index is 4.84. The Morgan fingerprint density at radius 3 is 1.40 bits per heavy atom. The van der Waals surface area contributed by atoms with E-state index in [9.17, 15) is 0 Å². The molecule has 0 spiro atoms. The van der Waals surface area contributed by atoms with Crippen LogP contribution in [0.15, 0.2) is 218 Å². The van der Waals surface area contributed by atoms with Gasteiger partial charge in [0.05, 0.1) is 33.1 Å². The molecule has 290 valence electrons. The first-order valence-electron chi connectivity index (χ1n) is 21.0. The molecule has 0 aliphatic carbocycles. The van der Waals surface area contributed by atoms with Crippen molar-refractivity contribution in [2.24, 2.45) is 0 Å². The first-order valence-corrected chi connectivity index (χ1v) is 21.0. The number of nitrogens with zero attached hydrogens (tertiary/aromatic N) is 6. The number of hydrogen-bond donors (Lipinski definition) is 0. The zero-order valence-electron chi connectivity index (χ0n) is 33.5. The number of benzene rings is 9. The molecule has 6 heteroatoms. The standard InChI is InChI=1S/C56H36N6/c1-4-17-37(18-5-1)55-57-58-56(62(55)40-21-8-3-9-22-40)38-31-33-51-47(35-38)44-26-11-13-28-48(44)59(51)41-23-16-24-42(36-41)60-50-30-15-12-27-46(50)53-52(60)34-32-45-43-25-10-14-29-49(43)61(54(45)53)39-19-6-2-7-20-39/h1-36H. The summed E-state index contributed by atoms with van der Waals surface area (Å²) in [5.74, 6) is 1.60. The van der Waals surface area contributed by atoms with Gasteiger partial charge in [0.2, 0.25) is 0 Å². The van der Waals surface area contributed by atoms with E-state index in [0.29, 0.717) is 0 Å². The highest BCUT2D eigenvalue weighted by molar-refractivity contribution is 6.26. The predicted octanol–water partition coefficient (Wildman–Crippen LogP) is 13.9. The molecule has 6 nitrogen and oxygen atoms in total. The fraction of sp³-hybridized carbons (Fsp3) is 0. The van der Waals surface area contributed by atoms with Crippen molar-refractivity contribution in [2.45, 2.75) is 0 Å². The third-order valence-electron chi connectivity index (χ3n) is 12.5. The Kier molecular flexibility index (Phi) is 7.50. The largest absolute Gasteiger partial charge is 0.309 e. The smallest absolute Gasteiger partial charge is 0.168 e. The lowest BCUT2D eigenvalue weighted by Gasteiger charge is -2.13.